The smallest absolute Gasteiger partial charge is 0.338 e. The van der Waals surface area contributed by atoms with E-state index in [1.807, 2.05) is 6.92 Å². The summed E-state index contributed by atoms with van der Waals surface area (Å²) < 4.78 is 19.0. The number of benzene rings is 1. The minimum absolute atomic E-state index is 0.140. The molecule has 1 saturated heterocycles. The van der Waals surface area contributed by atoms with Crippen LogP contribution in [0, 0.1) is 5.82 Å². The Morgan fingerprint density at radius 1 is 1.58 bits per heavy atom. The van der Waals surface area contributed by atoms with Crippen molar-refractivity contribution in [1.29, 1.82) is 0 Å². The van der Waals surface area contributed by atoms with Gasteiger partial charge in [-0.05, 0) is 31.9 Å². The molecule has 3 rings (SSSR count). The monoisotopic (exact) mass is 264 g/mol. The minimum Gasteiger partial charge on any atom is -0.478 e. The Morgan fingerprint density at radius 2 is 2.37 bits per heavy atom. The summed E-state index contributed by atoms with van der Waals surface area (Å²) in [7, 11) is 0. The average Bonchev–Trinajstić information content (AvgIpc) is 2.94. The van der Waals surface area contributed by atoms with E-state index in [2.05, 4.69) is 9.97 Å². The van der Waals surface area contributed by atoms with Gasteiger partial charge in [0.1, 0.15) is 22.8 Å². The predicted octanol–water partition coefficient (Wildman–Crippen LogP) is 2.43. The lowest BCUT2D eigenvalue weighted by atomic mass is 10.0. The largest absolute Gasteiger partial charge is 0.478 e. The molecule has 100 valence electrons. The van der Waals surface area contributed by atoms with Crippen molar-refractivity contribution >= 4 is 17.0 Å². The van der Waals surface area contributed by atoms with Crippen LogP contribution in [0.3, 0.4) is 0 Å². The van der Waals surface area contributed by atoms with Gasteiger partial charge in [-0.2, -0.15) is 0 Å². The van der Waals surface area contributed by atoms with Crippen LogP contribution in [0.5, 0.6) is 0 Å². The minimum atomic E-state index is -1.19. The number of aromatic carboxylic acids is 1. The molecule has 5 nitrogen and oxygen atoms in total. The highest BCUT2D eigenvalue weighted by atomic mass is 19.1. The molecule has 1 aromatic carbocycles. The molecule has 1 aliphatic heterocycles. The van der Waals surface area contributed by atoms with Crippen LogP contribution in [0.25, 0.3) is 11.0 Å². The fourth-order valence-corrected chi connectivity index (χ4v) is 2.46. The van der Waals surface area contributed by atoms with Gasteiger partial charge in [-0.3, -0.25) is 0 Å². The van der Waals surface area contributed by atoms with E-state index in [-0.39, 0.29) is 11.1 Å². The van der Waals surface area contributed by atoms with Gasteiger partial charge in [0.15, 0.2) is 0 Å². The highest BCUT2D eigenvalue weighted by Gasteiger charge is 2.35. The number of nitrogens with one attached hydrogen (secondary N) is 1. The predicted molar refractivity (Wildman–Crippen MR) is 65.5 cm³/mol. The highest BCUT2D eigenvalue weighted by molar-refractivity contribution is 6.01. The molecular formula is C13H13FN2O3. The Labute approximate surface area is 108 Å². The number of aromatic nitrogens is 2. The van der Waals surface area contributed by atoms with Crippen LogP contribution in [0.2, 0.25) is 0 Å². The lowest BCUT2D eigenvalue weighted by molar-refractivity contribution is 0.0103. The summed E-state index contributed by atoms with van der Waals surface area (Å²) >= 11 is 0. The molecule has 0 bridgehead atoms. The van der Waals surface area contributed by atoms with Gasteiger partial charge in [-0.1, -0.05) is 0 Å². The number of carboxylic acid groups (broad SMARTS) is 1. The number of halogens is 1. The van der Waals surface area contributed by atoms with Gasteiger partial charge < -0.3 is 14.8 Å². The first-order valence-electron chi connectivity index (χ1n) is 6.06. The zero-order valence-electron chi connectivity index (χ0n) is 10.4. The summed E-state index contributed by atoms with van der Waals surface area (Å²) in [5.74, 6) is -1.24. The number of nitrogens with zero attached hydrogens (tertiary/aromatic N) is 1. The second-order valence-electron chi connectivity index (χ2n) is 4.92. The summed E-state index contributed by atoms with van der Waals surface area (Å²) in [4.78, 5) is 18.4. The van der Waals surface area contributed by atoms with Crippen LogP contribution in [0.15, 0.2) is 12.1 Å². The standard InChI is InChI=1S/C13H13FN2O3/c1-13(3-2-4-19-13)12-15-9-6-7(14)5-8(11(17)18)10(9)16-12/h5-6H,2-4H2,1H3,(H,15,16)(H,17,18). The van der Waals surface area contributed by atoms with Gasteiger partial charge in [0.2, 0.25) is 0 Å². The first-order valence-corrected chi connectivity index (χ1v) is 6.06. The molecule has 2 N–H and O–H groups in total. The Hall–Kier alpha value is -1.95. The third kappa shape index (κ3) is 1.88. The van der Waals surface area contributed by atoms with Crippen molar-refractivity contribution in [3.8, 4) is 0 Å². The number of carbonyl (C=O) groups is 1. The van der Waals surface area contributed by atoms with Crippen LogP contribution in [0.4, 0.5) is 4.39 Å². The van der Waals surface area contributed by atoms with Crippen molar-refractivity contribution in [1.82, 2.24) is 9.97 Å². The number of hydrogen-bond acceptors (Lipinski definition) is 3. The van der Waals surface area contributed by atoms with Crippen LogP contribution >= 0.6 is 0 Å². The number of ether oxygens (including phenoxy) is 1. The lowest BCUT2D eigenvalue weighted by Crippen LogP contribution is -2.21. The van der Waals surface area contributed by atoms with Crippen LogP contribution in [-0.4, -0.2) is 27.7 Å². The van der Waals surface area contributed by atoms with Crippen LogP contribution in [0.1, 0.15) is 35.9 Å². The summed E-state index contributed by atoms with van der Waals surface area (Å²) in [5, 5.41) is 9.09. The van der Waals surface area contributed by atoms with Crippen molar-refractivity contribution < 1.29 is 19.0 Å². The van der Waals surface area contributed by atoms with Crippen molar-refractivity contribution in [2.45, 2.75) is 25.4 Å². The maximum absolute atomic E-state index is 13.4. The molecule has 2 heterocycles. The summed E-state index contributed by atoms with van der Waals surface area (Å²) in [5.41, 5.74) is -0.0468. The number of fused-ring (bicyclic) bond motifs is 1. The molecule has 0 spiro atoms. The Balaban J connectivity index is 2.20. The van der Waals surface area contributed by atoms with Gasteiger partial charge in [-0.25, -0.2) is 14.2 Å². The summed E-state index contributed by atoms with van der Waals surface area (Å²) in [6, 6.07) is 2.23. The average molecular weight is 264 g/mol. The van der Waals surface area contributed by atoms with E-state index < -0.39 is 17.4 Å². The van der Waals surface area contributed by atoms with Gasteiger partial charge >= 0.3 is 5.97 Å². The quantitative estimate of drug-likeness (QED) is 0.873. The first-order chi connectivity index (χ1) is 8.99. The van der Waals surface area contributed by atoms with Gasteiger partial charge in [-0.15, -0.1) is 0 Å². The van der Waals surface area contributed by atoms with Crippen molar-refractivity contribution in [2.75, 3.05) is 6.61 Å². The number of imidazole rings is 1. The molecule has 0 aliphatic carbocycles. The van der Waals surface area contributed by atoms with Gasteiger partial charge in [0, 0.05) is 6.61 Å². The number of rotatable bonds is 2. The normalized spacial score (nSPS) is 23.1. The molecule has 2 aromatic rings. The molecule has 1 fully saturated rings. The van der Waals surface area contributed by atoms with Crippen molar-refractivity contribution in [2.24, 2.45) is 0 Å². The second-order valence-corrected chi connectivity index (χ2v) is 4.92. The van der Waals surface area contributed by atoms with Gasteiger partial charge in [0.25, 0.3) is 0 Å². The molecule has 0 amide bonds. The molecule has 1 aromatic heterocycles. The van der Waals surface area contributed by atoms with Crippen molar-refractivity contribution in [3.63, 3.8) is 0 Å². The van der Waals surface area contributed by atoms with Crippen LogP contribution < -0.4 is 0 Å². The maximum Gasteiger partial charge on any atom is 0.338 e. The molecule has 1 atom stereocenters. The molecule has 1 aliphatic rings. The number of aromatic amines is 1. The van der Waals surface area contributed by atoms with E-state index in [0.717, 1.165) is 18.9 Å². The Bertz CT molecular complexity index is 659. The Morgan fingerprint density at radius 3 is 3.00 bits per heavy atom. The molecule has 19 heavy (non-hydrogen) atoms. The zero-order valence-corrected chi connectivity index (χ0v) is 10.4. The number of hydrogen-bond donors (Lipinski definition) is 2. The summed E-state index contributed by atoms with van der Waals surface area (Å²) in [6.45, 7) is 2.54. The third-order valence-electron chi connectivity index (χ3n) is 3.50. The van der Waals surface area contributed by atoms with E-state index >= 15 is 0 Å². The SMILES string of the molecule is CC1(c2nc3c(C(=O)O)cc(F)cc3[nH]2)CCCO1. The molecule has 1 unspecified atom stereocenters. The topological polar surface area (TPSA) is 75.2 Å². The molecule has 6 heteroatoms. The lowest BCUT2D eigenvalue weighted by Gasteiger charge is -2.19. The second kappa shape index (κ2) is 4.03. The third-order valence-corrected chi connectivity index (χ3v) is 3.50. The van der Waals surface area contributed by atoms with Crippen LogP contribution in [-0.2, 0) is 10.3 Å². The van der Waals surface area contributed by atoms with E-state index in [9.17, 15) is 9.18 Å². The van der Waals surface area contributed by atoms with E-state index in [1.54, 1.807) is 0 Å². The van der Waals surface area contributed by atoms with E-state index in [4.69, 9.17) is 9.84 Å². The number of carboxylic acids is 1. The van der Waals surface area contributed by atoms with E-state index in [0.29, 0.717) is 17.9 Å². The fraction of sp³-hybridized carbons (Fsp3) is 0.385. The van der Waals surface area contributed by atoms with E-state index in [1.165, 1.54) is 6.07 Å². The molecule has 0 saturated carbocycles. The molecular weight excluding hydrogens is 251 g/mol. The highest BCUT2D eigenvalue weighted by Crippen LogP contribution is 2.35. The fourth-order valence-electron chi connectivity index (χ4n) is 2.46. The first kappa shape index (κ1) is 12.1. The number of H-pyrrole nitrogens is 1. The van der Waals surface area contributed by atoms with Gasteiger partial charge in [0.05, 0.1) is 11.1 Å². The zero-order chi connectivity index (χ0) is 13.6. The maximum atomic E-state index is 13.4. The van der Waals surface area contributed by atoms with Crippen molar-refractivity contribution in [3.05, 3.63) is 29.3 Å². The summed E-state index contributed by atoms with van der Waals surface area (Å²) in [6.07, 6.45) is 1.73. The Kier molecular flexibility index (Phi) is 2.56. The molecule has 0 radical (unpaired) electrons.